The lowest BCUT2D eigenvalue weighted by Crippen LogP contribution is -2.49. The molecule has 2 atom stereocenters. The summed E-state index contributed by atoms with van der Waals surface area (Å²) < 4.78 is 0. The lowest BCUT2D eigenvalue weighted by molar-refractivity contribution is -0.132. The average Bonchev–Trinajstić information content (AvgIpc) is 2.82. The fraction of sp³-hybridized carbons (Fsp3) is 0.407. The smallest absolute Gasteiger partial charge is 0.254 e. The number of hydrogen-bond acceptors (Lipinski definition) is 4. The van der Waals surface area contributed by atoms with Gasteiger partial charge in [0, 0.05) is 34.8 Å². The van der Waals surface area contributed by atoms with Gasteiger partial charge in [0.1, 0.15) is 5.84 Å². The number of fused-ring (bicyclic) bond motifs is 1. The summed E-state index contributed by atoms with van der Waals surface area (Å²) in [6.45, 7) is 7.95. The zero-order chi connectivity index (χ0) is 24.8. The summed E-state index contributed by atoms with van der Waals surface area (Å²) in [7, 11) is 0. The van der Waals surface area contributed by atoms with Crippen molar-refractivity contribution < 1.29 is 14.4 Å². The van der Waals surface area contributed by atoms with Crippen LogP contribution in [0.5, 0.6) is 0 Å². The van der Waals surface area contributed by atoms with E-state index in [0.29, 0.717) is 34.9 Å². The van der Waals surface area contributed by atoms with E-state index in [1.165, 1.54) is 0 Å². The molecule has 0 fully saturated rings. The van der Waals surface area contributed by atoms with Gasteiger partial charge in [0.2, 0.25) is 5.91 Å². The SMILES string of the molecule is C/C=C\C1=C(CC)C(=O)CN(CCC2=NC3C=C(Cl)C=CC3C(=O)N2C(/C=C\CC)=C/C)C1=O. The van der Waals surface area contributed by atoms with Crippen LogP contribution in [-0.4, -0.2) is 52.4 Å². The van der Waals surface area contributed by atoms with E-state index in [-0.39, 0.29) is 36.7 Å². The number of nitrogens with zero attached hydrogens (tertiary/aromatic N) is 3. The van der Waals surface area contributed by atoms with Gasteiger partial charge in [0.25, 0.3) is 5.91 Å². The fourth-order valence-corrected chi connectivity index (χ4v) is 4.61. The highest BCUT2D eigenvalue weighted by Gasteiger charge is 2.39. The van der Waals surface area contributed by atoms with Gasteiger partial charge in [0.05, 0.1) is 18.5 Å². The Hall–Kier alpha value is -2.99. The molecule has 3 rings (SSSR count). The maximum atomic E-state index is 13.5. The molecule has 0 aromatic carbocycles. The summed E-state index contributed by atoms with van der Waals surface area (Å²) >= 11 is 6.19. The normalized spacial score (nSPS) is 23.9. The van der Waals surface area contributed by atoms with Gasteiger partial charge in [0.15, 0.2) is 5.78 Å². The van der Waals surface area contributed by atoms with Gasteiger partial charge < -0.3 is 4.90 Å². The molecule has 2 amide bonds. The van der Waals surface area contributed by atoms with Crippen molar-refractivity contribution in [2.24, 2.45) is 10.9 Å². The topological polar surface area (TPSA) is 70.1 Å². The standard InChI is InChI=1S/C27H32ClN3O3/c1-5-9-11-19(7-3)31-25(29-23-16-18(28)12-13-22(23)27(31)34)14-15-30-17-24(32)20(8-4)21(10-6-2)26(30)33/h6-7,9-13,16,22-23H,5,8,14-15,17H2,1-4H3/b10-6-,11-9-,19-7+. The molecule has 34 heavy (non-hydrogen) atoms. The first-order valence-electron chi connectivity index (χ1n) is 11.8. The van der Waals surface area contributed by atoms with Gasteiger partial charge in [-0.3, -0.25) is 24.3 Å². The summed E-state index contributed by atoms with van der Waals surface area (Å²) in [5.41, 5.74) is 1.76. The van der Waals surface area contributed by atoms with E-state index in [2.05, 4.69) is 0 Å². The highest BCUT2D eigenvalue weighted by atomic mass is 35.5. The molecule has 6 nitrogen and oxygen atoms in total. The van der Waals surface area contributed by atoms with E-state index in [0.717, 1.165) is 12.1 Å². The summed E-state index contributed by atoms with van der Waals surface area (Å²) in [5, 5.41) is 0.549. The van der Waals surface area contributed by atoms with Crippen molar-refractivity contribution in [2.75, 3.05) is 13.1 Å². The molecule has 0 saturated heterocycles. The van der Waals surface area contributed by atoms with Crippen LogP contribution in [-0.2, 0) is 14.4 Å². The van der Waals surface area contributed by atoms with Gasteiger partial charge in [-0.1, -0.05) is 55.8 Å². The second-order valence-electron chi connectivity index (χ2n) is 8.32. The van der Waals surface area contributed by atoms with Crippen LogP contribution in [0.25, 0.3) is 0 Å². The van der Waals surface area contributed by atoms with Gasteiger partial charge >= 0.3 is 0 Å². The van der Waals surface area contributed by atoms with Crippen LogP contribution >= 0.6 is 11.6 Å². The van der Waals surface area contributed by atoms with Gasteiger partial charge in [-0.15, -0.1) is 0 Å². The Morgan fingerprint density at radius 1 is 1.24 bits per heavy atom. The molecule has 2 heterocycles. The zero-order valence-corrected chi connectivity index (χ0v) is 21.0. The third-order valence-corrected chi connectivity index (χ3v) is 6.36. The number of carbonyl (C=O) groups excluding carboxylic acids is 3. The van der Waals surface area contributed by atoms with E-state index in [1.54, 1.807) is 40.2 Å². The third kappa shape index (κ3) is 5.22. The maximum Gasteiger partial charge on any atom is 0.254 e. The lowest BCUT2D eigenvalue weighted by atomic mass is 9.91. The highest BCUT2D eigenvalue weighted by Crippen LogP contribution is 2.31. The Morgan fingerprint density at radius 3 is 2.65 bits per heavy atom. The monoisotopic (exact) mass is 481 g/mol. The average molecular weight is 482 g/mol. The Bertz CT molecular complexity index is 1070. The number of hydrogen-bond donors (Lipinski definition) is 0. The van der Waals surface area contributed by atoms with Gasteiger partial charge in [-0.2, -0.15) is 0 Å². The van der Waals surface area contributed by atoms with Crippen LogP contribution < -0.4 is 0 Å². The van der Waals surface area contributed by atoms with Crippen molar-refractivity contribution in [2.45, 2.75) is 53.0 Å². The maximum absolute atomic E-state index is 13.5. The Morgan fingerprint density at radius 2 is 2.00 bits per heavy atom. The number of allylic oxidation sites excluding steroid dienone is 6. The van der Waals surface area contributed by atoms with Gasteiger partial charge in [-0.05, 0) is 44.9 Å². The van der Waals surface area contributed by atoms with Crippen molar-refractivity contribution >= 4 is 35.0 Å². The molecule has 0 N–H and O–H groups in total. The van der Waals surface area contributed by atoms with Crippen molar-refractivity contribution in [3.05, 3.63) is 70.5 Å². The summed E-state index contributed by atoms with van der Waals surface area (Å²) in [6, 6.07) is -0.381. The minimum atomic E-state index is -0.425. The minimum absolute atomic E-state index is 0.0387. The molecule has 0 aromatic heterocycles. The van der Waals surface area contributed by atoms with Crippen LogP contribution in [0, 0.1) is 5.92 Å². The Labute approximate surface area is 206 Å². The lowest BCUT2D eigenvalue weighted by Gasteiger charge is -2.37. The van der Waals surface area contributed by atoms with Crippen molar-refractivity contribution in [3.63, 3.8) is 0 Å². The number of rotatable bonds is 8. The summed E-state index contributed by atoms with van der Waals surface area (Å²) in [6.07, 6.45) is 16.3. The van der Waals surface area contributed by atoms with Crippen LogP contribution in [0.3, 0.4) is 0 Å². The second-order valence-corrected chi connectivity index (χ2v) is 8.75. The number of ketones is 1. The number of carbonyl (C=O) groups is 3. The number of amides is 2. The van der Waals surface area contributed by atoms with Crippen molar-refractivity contribution in [3.8, 4) is 0 Å². The van der Waals surface area contributed by atoms with Crippen LogP contribution in [0.2, 0.25) is 0 Å². The Kier molecular flexibility index (Phi) is 8.61. The van der Waals surface area contributed by atoms with E-state index in [4.69, 9.17) is 16.6 Å². The molecule has 7 heteroatoms. The number of amidine groups is 1. The number of Topliss-reactive ketones (excluding diaryl/α,β-unsaturated/α-hetero) is 1. The molecule has 0 radical (unpaired) electrons. The van der Waals surface area contributed by atoms with E-state index >= 15 is 0 Å². The number of aliphatic imine (C=N–C) groups is 1. The van der Waals surface area contributed by atoms with Crippen LogP contribution in [0.1, 0.15) is 47.0 Å². The first-order valence-corrected chi connectivity index (χ1v) is 12.2. The summed E-state index contributed by atoms with van der Waals surface area (Å²) in [4.78, 5) is 47.4. The van der Waals surface area contributed by atoms with Crippen molar-refractivity contribution in [1.29, 1.82) is 0 Å². The van der Waals surface area contributed by atoms with E-state index in [9.17, 15) is 14.4 Å². The first-order chi connectivity index (χ1) is 16.4. The molecular formula is C27H32ClN3O3. The molecule has 0 saturated carbocycles. The Balaban J connectivity index is 1.92. The molecule has 0 spiro atoms. The molecule has 3 aliphatic rings. The minimum Gasteiger partial charge on any atom is -0.330 e. The predicted molar refractivity (Wildman–Crippen MR) is 136 cm³/mol. The molecule has 2 aliphatic heterocycles. The fourth-order valence-electron chi connectivity index (χ4n) is 4.41. The largest absolute Gasteiger partial charge is 0.330 e. The van der Waals surface area contributed by atoms with Crippen LogP contribution in [0.4, 0.5) is 0 Å². The second kappa shape index (κ2) is 11.4. The van der Waals surface area contributed by atoms with E-state index in [1.807, 2.05) is 45.9 Å². The summed E-state index contributed by atoms with van der Waals surface area (Å²) in [5.74, 6) is -0.146. The molecular weight excluding hydrogens is 450 g/mol. The van der Waals surface area contributed by atoms with Crippen molar-refractivity contribution in [1.82, 2.24) is 9.80 Å². The van der Waals surface area contributed by atoms with E-state index < -0.39 is 5.92 Å². The molecule has 180 valence electrons. The third-order valence-electron chi connectivity index (χ3n) is 6.11. The first kappa shape index (κ1) is 25.6. The molecule has 2 unspecified atom stereocenters. The molecule has 0 bridgehead atoms. The van der Waals surface area contributed by atoms with Crippen LogP contribution in [0.15, 0.2) is 75.5 Å². The highest BCUT2D eigenvalue weighted by molar-refractivity contribution is 6.31. The quantitative estimate of drug-likeness (QED) is 0.465. The predicted octanol–water partition coefficient (Wildman–Crippen LogP) is 4.86. The van der Waals surface area contributed by atoms with Gasteiger partial charge in [-0.25, -0.2) is 0 Å². The molecule has 1 aliphatic carbocycles. The number of halogens is 1. The zero-order valence-electron chi connectivity index (χ0n) is 20.3. The molecule has 0 aromatic rings.